The van der Waals surface area contributed by atoms with Crippen molar-refractivity contribution in [1.29, 1.82) is 0 Å². The lowest BCUT2D eigenvalue weighted by Gasteiger charge is -2.23. The van der Waals surface area contributed by atoms with Gasteiger partial charge in [-0.05, 0) is 35.9 Å². The lowest BCUT2D eigenvalue weighted by atomic mass is 10.1. The molecule has 4 N–H and O–H groups in total. The number of fused-ring (bicyclic) bond motifs is 3. The second-order valence-electron chi connectivity index (χ2n) is 7.42. The van der Waals surface area contributed by atoms with Crippen LogP contribution in [0.15, 0.2) is 60.9 Å². The molecule has 1 aliphatic heterocycles. The van der Waals surface area contributed by atoms with Crippen LogP contribution in [0.25, 0.3) is 33.2 Å². The summed E-state index contributed by atoms with van der Waals surface area (Å²) in [5.74, 6) is -0.426. The first kappa shape index (κ1) is 17.6. The number of nitrogens with one attached hydrogen (secondary N) is 3. The molecule has 31 heavy (non-hydrogen) atoms. The van der Waals surface area contributed by atoms with Gasteiger partial charge in [-0.25, -0.2) is 9.97 Å². The molecule has 1 atom stereocenters. The van der Waals surface area contributed by atoms with Gasteiger partial charge in [-0.1, -0.05) is 18.2 Å². The Morgan fingerprint density at radius 3 is 2.68 bits per heavy atom. The molecule has 0 spiro atoms. The number of carbonyl (C=O) groups excluding carboxylic acids is 1. The quantitative estimate of drug-likeness (QED) is 0.362. The number of amides is 1. The summed E-state index contributed by atoms with van der Waals surface area (Å²) in [6.07, 6.45) is 3.08. The minimum absolute atomic E-state index is 0.0497. The first-order valence-electron chi connectivity index (χ1n) is 9.82. The number of aliphatic hydroxyl groups excluding tert-OH is 1. The smallest absolute Gasteiger partial charge is 0.307 e. The Labute approximate surface area is 175 Å². The van der Waals surface area contributed by atoms with Crippen LogP contribution in [0.4, 0.5) is 5.69 Å². The standard InChI is InChI=1S/C22H17N7O2/c30-19-9-13-3-1-2-4-18(13)29(19)28-22(31)21-24-16-10-14-15(11-17(16)25-21)26-27-20(14)12-5-7-23-8-6-12/h1-8,10-11,19,26-27,30H,9H2,(H,28,31)/t19-/m1/s1. The number of aliphatic hydroxyl groups is 1. The number of rotatable bonds is 3. The van der Waals surface area contributed by atoms with Crippen molar-refractivity contribution in [3.05, 3.63) is 72.3 Å². The van der Waals surface area contributed by atoms with E-state index in [1.54, 1.807) is 12.4 Å². The van der Waals surface area contributed by atoms with Gasteiger partial charge >= 0.3 is 5.91 Å². The highest BCUT2D eigenvalue weighted by Gasteiger charge is 2.29. The van der Waals surface area contributed by atoms with E-state index >= 15 is 0 Å². The summed E-state index contributed by atoms with van der Waals surface area (Å²) in [4.78, 5) is 25.7. The van der Waals surface area contributed by atoms with Crippen LogP contribution in [0.3, 0.4) is 0 Å². The fraction of sp³-hybridized carbons (Fsp3) is 0.0909. The summed E-state index contributed by atoms with van der Waals surface area (Å²) in [5, 5.41) is 19.1. The van der Waals surface area contributed by atoms with Crippen molar-refractivity contribution in [2.45, 2.75) is 12.6 Å². The number of hydrogen-bond acceptors (Lipinski definition) is 6. The molecule has 3 aromatic heterocycles. The lowest BCUT2D eigenvalue weighted by Crippen LogP contribution is -2.47. The molecule has 6 rings (SSSR count). The molecule has 0 saturated carbocycles. The number of aromatic amines is 2. The molecule has 0 fully saturated rings. The summed E-state index contributed by atoms with van der Waals surface area (Å²) >= 11 is 0. The van der Waals surface area contributed by atoms with Crippen LogP contribution in [0.5, 0.6) is 0 Å². The molecule has 0 saturated heterocycles. The Balaban J connectivity index is 1.34. The van der Waals surface area contributed by atoms with E-state index in [0.29, 0.717) is 17.5 Å². The number of imidazole rings is 1. The lowest BCUT2D eigenvalue weighted by molar-refractivity contribution is 0.0894. The van der Waals surface area contributed by atoms with Gasteiger partial charge in [0, 0.05) is 29.8 Å². The first-order chi connectivity index (χ1) is 15.2. The zero-order valence-corrected chi connectivity index (χ0v) is 16.2. The molecule has 0 unspecified atom stereocenters. The molecule has 1 aliphatic rings. The fourth-order valence-electron chi connectivity index (χ4n) is 4.03. The van der Waals surface area contributed by atoms with E-state index in [0.717, 1.165) is 33.4 Å². The van der Waals surface area contributed by atoms with Crippen molar-refractivity contribution in [2.24, 2.45) is 0 Å². The number of pyridine rings is 1. The molecule has 0 aliphatic carbocycles. The van der Waals surface area contributed by atoms with Crippen LogP contribution >= 0.6 is 0 Å². The molecule has 4 heterocycles. The van der Waals surface area contributed by atoms with Crippen LogP contribution in [0, 0.1) is 0 Å². The molecule has 1 amide bonds. The number of hydrogen-bond donors (Lipinski definition) is 4. The van der Waals surface area contributed by atoms with Crippen molar-refractivity contribution >= 4 is 33.5 Å². The van der Waals surface area contributed by atoms with E-state index < -0.39 is 12.1 Å². The summed E-state index contributed by atoms with van der Waals surface area (Å²) < 4.78 is 0. The summed E-state index contributed by atoms with van der Waals surface area (Å²) in [5.41, 5.74) is 8.44. The SMILES string of the molecule is O=C(NN1c2ccccc2C[C@H]1O)c1nc2cc3[nH][nH]c(-c4ccncc4)c3cc2n1. The Morgan fingerprint density at radius 2 is 1.84 bits per heavy atom. The number of aromatic nitrogens is 5. The van der Waals surface area contributed by atoms with Gasteiger partial charge in [0.1, 0.15) is 6.23 Å². The average Bonchev–Trinajstić information content (AvgIpc) is 3.48. The van der Waals surface area contributed by atoms with Gasteiger partial charge in [0.2, 0.25) is 5.82 Å². The number of hydrazine groups is 1. The first-order valence-corrected chi connectivity index (χ1v) is 9.82. The van der Waals surface area contributed by atoms with Gasteiger partial charge < -0.3 is 10.2 Å². The fourth-order valence-corrected chi connectivity index (χ4v) is 4.03. The van der Waals surface area contributed by atoms with Crippen LogP contribution in [-0.4, -0.2) is 42.4 Å². The van der Waals surface area contributed by atoms with Gasteiger partial charge in [-0.3, -0.25) is 25.3 Å². The van der Waals surface area contributed by atoms with Crippen LogP contribution in [0.1, 0.15) is 16.2 Å². The zero-order valence-electron chi connectivity index (χ0n) is 16.2. The Kier molecular flexibility index (Phi) is 3.77. The molecule has 5 aromatic rings. The predicted octanol–water partition coefficient (Wildman–Crippen LogP) is 2.53. The number of H-pyrrole nitrogens is 2. The Bertz CT molecular complexity index is 1440. The third-order valence-corrected chi connectivity index (χ3v) is 5.50. The Morgan fingerprint density at radius 1 is 1.06 bits per heavy atom. The maximum Gasteiger partial charge on any atom is 0.307 e. The molecular formula is C22H17N7O2. The van der Waals surface area contributed by atoms with Crippen molar-refractivity contribution < 1.29 is 9.90 Å². The summed E-state index contributed by atoms with van der Waals surface area (Å²) in [7, 11) is 0. The topological polar surface area (TPSA) is 123 Å². The monoisotopic (exact) mass is 411 g/mol. The van der Waals surface area contributed by atoms with E-state index in [1.165, 1.54) is 5.01 Å². The van der Waals surface area contributed by atoms with Gasteiger partial charge in [-0.2, -0.15) is 0 Å². The van der Waals surface area contributed by atoms with Crippen molar-refractivity contribution in [1.82, 2.24) is 30.6 Å². The van der Waals surface area contributed by atoms with E-state index in [4.69, 9.17) is 0 Å². The predicted molar refractivity (Wildman–Crippen MR) is 115 cm³/mol. The minimum Gasteiger partial charge on any atom is -0.371 e. The van der Waals surface area contributed by atoms with Crippen LogP contribution < -0.4 is 10.4 Å². The molecule has 0 radical (unpaired) electrons. The summed E-state index contributed by atoms with van der Waals surface area (Å²) in [6.45, 7) is 0. The summed E-state index contributed by atoms with van der Waals surface area (Å²) in [6, 6.07) is 15.1. The largest absolute Gasteiger partial charge is 0.371 e. The van der Waals surface area contributed by atoms with E-state index in [2.05, 4.69) is 30.6 Å². The average molecular weight is 411 g/mol. The maximum absolute atomic E-state index is 12.8. The van der Waals surface area contributed by atoms with Crippen molar-refractivity contribution in [3.63, 3.8) is 0 Å². The third-order valence-electron chi connectivity index (χ3n) is 5.50. The second-order valence-corrected chi connectivity index (χ2v) is 7.42. The van der Waals surface area contributed by atoms with Gasteiger partial charge in [0.05, 0.1) is 27.9 Å². The van der Waals surface area contributed by atoms with E-state index in [-0.39, 0.29) is 5.82 Å². The number of para-hydroxylation sites is 1. The maximum atomic E-state index is 12.8. The minimum atomic E-state index is -0.831. The number of nitrogens with zero attached hydrogens (tertiary/aromatic N) is 4. The highest BCUT2D eigenvalue weighted by molar-refractivity contribution is 6.02. The highest BCUT2D eigenvalue weighted by atomic mass is 16.3. The normalized spacial score (nSPS) is 15.5. The Hall–Kier alpha value is -4.24. The number of carbonyl (C=O) groups is 1. The van der Waals surface area contributed by atoms with E-state index in [1.807, 2.05) is 48.5 Å². The van der Waals surface area contributed by atoms with Gasteiger partial charge in [-0.15, -0.1) is 0 Å². The molecule has 2 aromatic carbocycles. The van der Waals surface area contributed by atoms with Gasteiger partial charge in [0.25, 0.3) is 0 Å². The molecule has 9 nitrogen and oxygen atoms in total. The zero-order chi connectivity index (χ0) is 20.9. The van der Waals surface area contributed by atoms with Gasteiger partial charge in [0.15, 0.2) is 0 Å². The molecule has 0 bridgehead atoms. The molecule has 152 valence electrons. The van der Waals surface area contributed by atoms with E-state index in [9.17, 15) is 9.90 Å². The highest BCUT2D eigenvalue weighted by Crippen LogP contribution is 2.30. The molecular weight excluding hydrogens is 394 g/mol. The van der Waals surface area contributed by atoms with Crippen molar-refractivity contribution in [2.75, 3.05) is 5.01 Å². The number of benzene rings is 2. The molecule has 9 heteroatoms. The number of anilines is 1. The van der Waals surface area contributed by atoms with Crippen LogP contribution in [0.2, 0.25) is 0 Å². The van der Waals surface area contributed by atoms with Crippen LogP contribution in [-0.2, 0) is 6.42 Å². The third kappa shape index (κ3) is 2.82. The van der Waals surface area contributed by atoms with Crippen molar-refractivity contribution in [3.8, 4) is 11.3 Å². The second kappa shape index (κ2) is 6.64.